The predicted molar refractivity (Wildman–Crippen MR) is 111 cm³/mol. The molecule has 0 fully saturated rings. The smallest absolute Gasteiger partial charge is 0.333 e. The van der Waals surface area contributed by atoms with Crippen LogP contribution in [0.3, 0.4) is 0 Å². The van der Waals surface area contributed by atoms with Crippen molar-refractivity contribution in [3.8, 4) is 0 Å². The molecule has 0 aromatic rings. The third-order valence-corrected chi connectivity index (χ3v) is 5.61. The third kappa shape index (κ3) is 9.25. The van der Waals surface area contributed by atoms with Gasteiger partial charge in [0.2, 0.25) is 0 Å². The third-order valence-electron chi connectivity index (χ3n) is 5.61. The first kappa shape index (κ1) is 25.4. The minimum Gasteiger partial charge on any atom is -0.462 e. The van der Waals surface area contributed by atoms with Gasteiger partial charge in [0.1, 0.15) is 0 Å². The summed E-state index contributed by atoms with van der Waals surface area (Å²) in [6, 6.07) is 0. The second-order valence-corrected chi connectivity index (χ2v) is 8.22. The van der Waals surface area contributed by atoms with E-state index >= 15 is 0 Å². The van der Waals surface area contributed by atoms with Crippen molar-refractivity contribution >= 4 is 11.9 Å². The Morgan fingerprint density at radius 2 is 1.41 bits per heavy atom. The molecule has 2 atom stereocenters. The van der Waals surface area contributed by atoms with E-state index in [0.29, 0.717) is 36.2 Å². The van der Waals surface area contributed by atoms with Crippen LogP contribution in [0.15, 0.2) is 24.3 Å². The van der Waals surface area contributed by atoms with Crippen LogP contribution in [0.5, 0.6) is 0 Å². The Morgan fingerprint density at radius 3 is 1.81 bits per heavy atom. The van der Waals surface area contributed by atoms with Crippen molar-refractivity contribution in [1.29, 1.82) is 0 Å². The first-order valence-electron chi connectivity index (χ1n) is 10.2. The van der Waals surface area contributed by atoms with Crippen molar-refractivity contribution in [3.63, 3.8) is 0 Å². The van der Waals surface area contributed by atoms with E-state index < -0.39 is 0 Å². The molecule has 0 saturated carbocycles. The highest BCUT2D eigenvalue weighted by atomic mass is 16.5. The van der Waals surface area contributed by atoms with E-state index in [1.807, 2.05) is 0 Å². The van der Waals surface area contributed by atoms with Crippen LogP contribution in [0.25, 0.3) is 0 Å². The van der Waals surface area contributed by atoms with E-state index in [-0.39, 0.29) is 17.4 Å². The number of carbonyl (C=O) groups is 2. The van der Waals surface area contributed by atoms with Crippen LogP contribution in [0.2, 0.25) is 0 Å². The maximum atomic E-state index is 11.5. The number of ether oxygens (including phenoxy) is 2. The molecular formula is C23H40O4. The summed E-state index contributed by atoms with van der Waals surface area (Å²) >= 11 is 0. The van der Waals surface area contributed by atoms with Crippen LogP contribution < -0.4 is 0 Å². The van der Waals surface area contributed by atoms with Crippen LogP contribution in [0.4, 0.5) is 0 Å². The highest BCUT2D eigenvalue weighted by molar-refractivity contribution is 5.87. The van der Waals surface area contributed by atoms with Gasteiger partial charge in [-0.2, -0.15) is 0 Å². The Hall–Kier alpha value is -1.58. The van der Waals surface area contributed by atoms with Crippen LogP contribution in [0, 0.1) is 17.3 Å². The Kier molecular flexibility index (Phi) is 12.0. The summed E-state index contributed by atoms with van der Waals surface area (Å²) in [7, 11) is 0. The fourth-order valence-electron chi connectivity index (χ4n) is 3.48. The maximum absolute atomic E-state index is 11.5. The van der Waals surface area contributed by atoms with Crippen LogP contribution >= 0.6 is 0 Å². The molecular weight excluding hydrogens is 340 g/mol. The minimum atomic E-state index is -0.314. The van der Waals surface area contributed by atoms with Crippen LogP contribution in [-0.4, -0.2) is 25.2 Å². The molecule has 4 heteroatoms. The standard InChI is InChI=1S/C23H40O4/c1-9-12-20(13-10-15-26-21(24)17(2)3)23(8,19(6)7)14-11-16-27-22(25)18(4)5/h19-20H,2,4,9-16H2,1,3,5-8H3. The summed E-state index contributed by atoms with van der Waals surface area (Å²) in [4.78, 5) is 23.1. The summed E-state index contributed by atoms with van der Waals surface area (Å²) in [5, 5.41) is 0. The maximum Gasteiger partial charge on any atom is 0.333 e. The summed E-state index contributed by atoms with van der Waals surface area (Å²) in [5.41, 5.74) is 1.04. The SMILES string of the molecule is C=C(C)C(=O)OCCCC(CCC)C(C)(CCCOC(=O)C(=C)C)C(C)C. The highest BCUT2D eigenvalue weighted by Crippen LogP contribution is 2.44. The zero-order valence-electron chi connectivity index (χ0n) is 18.4. The fourth-order valence-corrected chi connectivity index (χ4v) is 3.48. The van der Waals surface area contributed by atoms with Crippen LogP contribution in [-0.2, 0) is 19.1 Å². The van der Waals surface area contributed by atoms with Gasteiger partial charge in [0.15, 0.2) is 0 Å². The lowest BCUT2D eigenvalue weighted by Gasteiger charge is -2.42. The normalized spacial score (nSPS) is 14.3. The van der Waals surface area contributed by atoms with Gasteiger partial charge in [-0.05, 0) is 56.8 Å². The van der Waals surface area contributed by atoms with Crippen molar-refractivity contribution in [2.75, 3.05) is 13.2 Å². The molecule has 0 saturated heterocycles. The molecule has 0 spiro atoms. The van der Waals surface area contributed by atoms with Crippen LogP contribution in [0.1, 0.15) is 80.1 Å². The molecule has 27 heavy (non-hydrogen) atoms. The molecule has 0 amide bonds. The van der Waals surface area contributed by atoms with E-state index in [9.17, 15) is 9.59 Å². The van der Waals surface area contributed by atoms with Gasteiger partial charge in [-0.3, -0.25) is 0 Å². The second kappa shape index (κ2) is 12.7. The molecule has 2 unspecified atom stereocenters. The topological polar surface area (TPSA) is 52.6 Å². The molecule has 0 rings (SSSR count). The van der Waals surface area contributed by atoms with E-state index in [4.69, 9.17) is 9.47 Å². The van der Waals surface area contributed by atoms with E-state index in [0.717, 1.165) is 38.5 Å². The predicted octanol–water partition coefficient (Wildman–Crippen LogP) is 5.86. The molecule has 0 aromatic heterocycles. The molecule has 0 radical (unpaired) electrons. The quantitative estimate of drug-likeness (QED) is 0.215. The van der Waals surface area contributed by atoms with Crippen molar-refractivity contribution in [2.45, 2.75) is 80.1 Å². The average molecular weight is 381 g/mol. The van der Waals surface area contributed by atoms with Gasteiger partial charge in [0, 0.05) is 11.1 Å². The molecule has 0 aliphatic carbocycles. The lowest BCUT2D eigenvalue weighted by Crippen LogP contribution is -2.33. The molecule has 0 N–H and O–H groups in total. The van der Waals surface area contributed by atoms with Gasteiger partial charge in [0.25, 0.3) is 0 Å². The van der Waals surface area contributed by atoms with Crippen molar-refractivity contribution in [2.24, 2.45) is 17.3 Å². The van der Waals surface area contributed by atoms with Crippen molar-refractivity contribution in [3.05, 3.63) is 24.3 Å². The summed E-state index contributed by atoms with van der Waals surface area (Å²) < 4.78 is 10.5. The lowest BCUT2D eigenvalue weighted by molar-refractivity contribution is -0.140. The monoisotopic (exact) mass is 380 g/mol. The largest absolute Gasteiger partial charge is 0.462 e. The van der Waals surface area contributed by atoms with Gasteiger partial charge in [0.05, 0.1) is 13.2 Å². The van der Waals surface area contributed by atoms with Gasteiger partial charge >= 0.3 is 11.9 Å². The molecule has 0 heterocycles. The van der Waals surface area contributed by atoms with Gasteiger partial charge in [-0.1, -0.05) is 53.7 Å². The molecule has 4 nitrogen and oxygen atoms in total. The summed E-state index contributed by atoms with van der Waals surface area (Å²) in [5.74, 6) is 0.436. The van der Waals surface area contributed by atoms with Gasteiger partial charge < -0.3 is 9.47 Å². The Balaban J connectivity index is 4.73. The van der Waals surface area contributed by atoms with Crippen molar-refractivity contribution < 1.29 is 19.1 Å². The lowest BCUT2D eigenvalue weighted by atomic mass is 9.64. The Bertz CT molecular complexity index is 507. The number of rotatable bonds is 14. The molecule has 0 bridgehead atoms. The first-order chi connectivity index (χ1) is 12.6. The zero-order chi connectivity index (χ0) is 21.0. The van der Waals surface area contributed by atoms with Gasteiger partial charge in [-0.25, -0.2) is 9.59 Å². The Morgan fingerprint density at radius 1 is 0.926 bits per heavy atom. The molecule has 0 aliphatic rings. The van der Waals surface area contributed by atoms with E-state index in [1.54, 1.807) is 13.8 Å². The highest BCUT2D eigenvalue weighted by Gasteiger charge is 2.35. The van der Waals surface area contributed by atoms with E-state index in [2.05, 4.69) is 40.9 Å². The number of carbonyl (C=O) groups excluding carboxylic acids is 2. The number of esters is 2. The second-order valence-electron chi connectivity index (χ2n) is 8.22. The number of hydrogen-bond donors (Lipinski definition) is 0. The average Bonchev–Trinajstić information content (AvgIpc) is 2.60. The fraction of sp³-hybridized carbons (Fsp3) is 0.739. The molecule has 0 aromatic carbocycles. The van der Waals surface area contributed by atoms with Crippen molar-refractivity contribution in [1.82, 2.24) is 0 Å². The first-order valence-corrected chi connectivity index (χ1v) is 10.2. The Labute approximate surface area is 166 Å². The summed E-state index contributed by atoms with van der Waals surface area (Å²) in [6.45, 7) is 20.5. The number of hydrogen-bond acceptors (Lipinski definition) is 4. The summed E-state index contributed by atoms with van der Waals surface area (Å²) in [6.07, 6.45) is 6.01. The van der Waals surface area contributed by atoms with Gasteiger partial charge in [-0.15, -0.1) is 0 Å². The van der Waals surface area contributed by atoms with E-state index in [1.165, 1.54) is 0 Å². The minimum absolute atomic E-state index is 0.157. The molecule has 0 aliphatic heterocycles. The zero-order valence-corrected chi connectivity index (χ0v) is 18.4. The molecule has 156 valence electrons.